The van der Waals surface area contributed by atoms with Crippen molar-refractivity contribution < 1.29 is 24.1 Å². The Balaban J connectivity index is 1.10. The van der Waals surface area contributed by atoms with E-state index >= 15 is 0 Å². The van der Waals surface area contributed by atoms with E-state index in [0.29, 0.717) is 17.3 Å². The van der Waals surface area contributed by atoms with Crippen molar-refractivity contribution in [2.75, 3.05) is 39.3 Å². The van der Waals surface area contributed by atoms with Crippen molar-refractivity contribution in [3.8, 4) is 0 Å². The van der Waals surface area contributed by atoms with Gasteiger partial charge in [-0.3, -0.25) is 4.79 Å². The van der Waals surface area contributed by atoms with Crippen molar-refractivity contribution in [1.82, 2.24) is 0 Å². The molecule has 2 N–H and O–H groups in total. The molecule has 2 saturated carbocycles. The van der Waals surface area contributed by atoms with Gasteiger partial charge in [-0.1, -0.05) is 6.92 Å². The minimum Gasteiger partial charge on any atom is -0.462 e. The molecule has 0 aromatic rings. The number of epoxide rings is 1. The maximum atomic E-state index is 12.9. The molecule has 5 nitrogen and oxygen atoms in total. The Morgan fingerprint density at radius 3 is 2.53 bits per heavy atom. The lowest BCUT2D eigenvalue weighted by Crippen LogP contribution is -3.21. The summed E-state index contributed by atoms with van der Waals surface area (Å²) in [7, 11) is 0. The van der Waals surface area contributed by atoms with Crippen LogP contribution in [-0.4, -0.2) is 63.0 Å². The largest absolute Gasteiger partial charge is 0.462 e. The van der Waals surface area contributed by atoms with Crippen LogP contribution in [0.15, 0.2) is 0 Å². The number of esters is 1. The van der Waals surface area contributed by atoms with Crippen LogP contribution in [0.1, 0.15) is 71.1 Å². The second-order valence-corrected chi connectivity index (χ2v) is 12.0. The standard InChI is InChI=1S/C25H40N2O3/c1-24-8-5-9-25(17-29-25)22(24)14-19-20(23(28)30-21(19)15-24)16-26-12-6-18(7-13-26)27-10-3-2-4-11-27/h18-22H,2-17H2,1H3/p+2/t19-,20-,21-,22-,24-,25+/m1/s1. The summed E-state index contributed by atoms with van der Waals surface area (Å²) < 4.78 is 12.1. The van der Waals surface area contributed by atoms with Gasteiger partial charge in [-0.25, -0.2) is 0 Å². The van der Waals surface area contributed by atoms with Crippen LogP contribution in [0, 0.1) is 23.2 Å². The van der Waals surface area contributed by atoms with Crippen LogP contribution in [0.3, 0.4) is 0 Å². The Kier molecular flexibility index (Phi) is 4.97. The third kappa shape index (κ3) is 3.34. The van der Waals surface area contributed by atoms with E-state index in [1.54, 1.807) is 4.90 Å². The maximum absolute atomic E-state index is 12.9. The Hall–Kier alpha value is -0.650. The molecule has 30 heavy (non-hydrogen) atoms. The zero-order valence-electron chi connectivity index (χ0n) is 18.9. The lowest BCUT2D eigenvalue weighted by molar-refractivity contribution is -0.961. The van der Waals surface area contributed by atoms with E-state index in [1.165, 1.54) is 77.5 Å². The normalized spacial score (nSPS) is 51.3. The molecule has 0 radical (unpaired) electrons. The van der Waals surface area contributed by atoms with Gasteiger partial charge < -0.3 is 19.3 Å². The molecule has 6 fully saturated rings. The van der Waals surface area contributed by atoms with Crippen molar-refractivity contribution in [2.45, 2.75) is 88.9 Å². The molecule has 6 atom stereocenters. The van der Waals surface area contributed by atoms with E-state index in [0.717, 1.165) is 32.0 Å². The van der Waals surface area contributed by atoms with Crippen molar-refractivity contribution in [1.29, 1.82) is 0 Å². The smallest absolute Gasteiger partial charge is 0.315 e. The number of hydrogen-bond acceptors (Lipinski definition) is 3. The van der Waals surface area contributed by atoms with Crippen LogP contribution < -0.4 is 9.80 Å². The molecular weight excluding hydrogens is 376 g/mol. The van der Waals surface area contributed by atoms with Gasteiger partial charge in [0.1, 0.15) is 12.0 Å². The van der Waals surface area contributed by atoms with Gasteiger partial charge in [0.2, 0.25) is 0 Å². The minimum absolute atomic E-state index is 0.120. The van der Waals surface area contributed by atoms with Gasteiger partial charge in [0.05, 0.1) is 51.0 Å². The van der Waals surface area contributed by atoms with E-state index in [2.05, 4.69) is 6.92 Å². The summed E-state index contributed by atoms with van der Waals surface area (Å²) in [6.45, 7) is 9.72. The molecule has 0 bridgehead atoms. The average molecular weight is 419 g/mol. The van der Waals surface area contributed by atoms with Gasteiger partial charge in [-0.15, -0.1) is 0 Å². The van der Waals surface area contributed by atoms with Crippen LogP contribution in [-0.2, 0) is 14.3 Å². The van der Waals surface area contributed by atoms with E-state index in [1.807, 2.05) is 4.90 Å². The van der Waals surface area contributed by atoms with Crippen molar-refractivity contribution in [3.63, 3.8) is 0 Å². The van der Waals surface area contributed by atoms with Crippen molar-refractivity contribution in [2.24, 2.45) is 23.2 Å². The van der Waals surface area contributed by atoms with Crippen molar-refractivity contribution >= 4 is 5.97 Å². The molecule has 168 valence electrons. The van der Waals surface area contributed by atoms with Gasteiger partial charge in [-0.2, -0.15) is 0 Å². The van der Waals surface area contributed by atoms with Gasteiger partial charge >= 0.3 is 5.97 Å². The summed E-state index contributed by atoms with van der Waals surface area (Å²) in [5.74, 6) is 1.33. The number of carbonyl (C=O) groups excluding carboxylic acids is 1. The summed E-state index contributed by atoms with van der Waals surface area (Å²) in [5, 5.41) is 0. The van der Waals surface area contributed by atoms with Crippen LogP contribution in [0.5, 0.6) is 0 Å². The number of nitrogens with one attached hydrogen (secondary N) is 2. The van der Waals surface area contributed by atoms with Gasteiger partial charge in [-0.05, 0) is 62.7 Å². The number of ether oxygens (including phenoxy) is 2. The first-order valence-corrected chi connectivity index (χ1v) is 13.1. The van der Waals surface area contributed by atoms with Crippen molar-refractivity contribution in [3.05, 3.63) is 0 Å². The second-order valence-electron chi connectivity index (χ2n) is 12.0. The second kappa shape index (κ2) is 7.45. The van der Waals surface area contributed by atoms with E-state index in [4.69, 9.17) is 9.47 Å². The SMILES string of the molecule is C[C@]12CCC[C@]3(CO3)[C@@H]1C[C@H]1[C@@H](C2)OC(=O)[C@@H]1C[NH+]1CCC([NH+]2CCCCC2)CC1. The van der Waals surface area contributed by atoms with Crippen LogP contribution in [0.2, 0.25) is 0 Å². The monoisotopic (exact) mass is 418 g/mol. The topological polar surface area (TPSA) is 47.7 Å². The molecule has 4 saturated heterocycles. The quantitative estimate of drug-likeness (QED) is 0.522. The summed E-state index contributed by atoms with van der Waals surface area (Å²) in [5.41, 5.74) is 0.476. The average Bonchev–Trinajstić information content (AvgIpc) is 3.46. The Morgan fingerprint density at radius 1 is 1.03 bits per heavy atom. The van der Waals surface area contributed by atoms with Crippen LogP contribution >= 0.6 is 0 Å². The van der Waals surface area contributed by atoms with E-state index in [-0.39, 0.29) is 23.6 Å². The Bertz CT molecular complexity index is 665. The molecular formula is C25H42N2O3+2. The van der Waals surface area contributed by atoms with Gasteiger partial charge in [0.25, 0.3) is 0 Å². The Labute approximate surface area is 181 Å². The molecule has 2 aliphatic carbocycles. The predicted octanol–water partition coefficient (Wildman–Crippen LogP) is 0.630. The summed E-state index contributed by atoms with van der Waals surface area (Å²) >= 11 is 0. The lowest BCUT2D eigenvalue weighted by atomic mass is 9.53. The number of rotatable bonds is 3. The molecule has 4 heterocycles. The number of fused-ring (bicyclic) bond motifs is 3. The molecule has 6 rings (SSSR count). The first-order valence-electron chi connectivity index (χ1n) is 13.1. The molecule has 0 aromatic carbocycles. The molecule has 5 heteroatoms. The highest BCUT2D eigenvalue weighted by Crippen LogP contribution is 2.62. The summed E-state index contributed by atoms with van der Waals surface area (Å²) in [6, 6.07) is 0.877. The first kappa shape index (κ1) is 20.0. The molecule has 6 aliphatic rings. The predicted molar refractivity (Wildman–Crippen MR) is 113 cm³/mol. The maximum Gasteiger partial charge on any atom is 0.315 e. The number of quaternary nitrogens is 2. The molecule has 4 aliphatic heterocycles. The molecule has 0 aromatic heterocycles. The third-order valence-corrected chi connectivity index (χ3v) is 10.4. The first-order chi connectivity index (χ1) is 14.6. The third-order valence-electron chi connectivity index (χ3n) is 10.4. The minimum atomic E-state index is 0.120. The number of hydrogen-bond donors (Lipinski definition) is 2. The van der Waals surface area contributed by atoms with Gasteiger partial charge in [0.15, 0.2) is 0 Å². The van der Waals surface area contributed by atoms with E-state index < -0.39 is 0 Å². The van der Waals surface area contributed by atoms with E-state index in [9.17, 15) is 4.79 Å². The number of carbonyl (C=O) groups is 1. The highest BCUT2D eigenvalue weighted by molar-refractivity contribution is 5.75. The van der Waals surface area contributed by atoms with Crippen LogP contribution in [0.4, 0.5) is 0 Å². The zero-order valence-corrected chi connectivity index (χ0v) is 18.9. The highest BCUT2D eigenvalue weighted by atomic mass is 16.6. The summed E-state index contributed by atoms with van der Waals surface area (Å²) in [6.07, 6.45) is 13.2. The lowest BCUT2D eigenvalue weighted by Gasteiger charge is -2.51. The fourth-order valence-corrected chi connectivity index (χ4v) is 8.55. The number of piperidine rings is 2. The highest BCUT2D eigenvalue weighted by Gasteiger charge is 2.65. The fourth-order valence-electron chi connectivity index (χ4n) is 8.55. The number of likely N-dealkylation sites (tertiary alicyclic amines) is 2. The molecule has 1 spiro atoms. The van der Waals surface area contributed by atoms with Gasteiger partial charge in [0, 0.05) is 18.8 Å². The Morgan fingerprint density at radius 2 is 1.80 bits per heavy atom. The zero-order chi connectivity index (χ0) is 20.3. The molecule has 0 amide bonds. The molecule has 0 unspecified atom stereocenters. The van der Waals surface area contributed by atoms with Crippen LogP contribution in [0.25, 0.3) is 0 Å². The summed E-state index contributed by atoms with van der Waals surface area (Å²) in [4.78, 5) is 16.5. The fraction of sp³-hybridized carbons (Fsp3) is 0.960.